The first-order valence-corrected chi connectivity index (χ1v) is 6.34. The number of halogens is 1. The van der Waals surface area contributed by atoms with E-state index in [1.807, 2.05) is 18.2 Å². The van der Waals surface area contributed by atoms with E-state index in [4.69, 9.17) is 4.42 Å². The second-order valence-corrected chi connectivity index (χ2v) is 4.84. The summed E-state index contributed by atoms with van der Waals surface area (Å²) in [5.41, 5.74) is 6.03. The molecule has 20 heavy (non-hydrogen) atoms. The van der Waals surface area contributed by atoms with Crippen molar-refractivity contribution in [3.8, 4) is 11.3 Å². The molecule has 0 saturated carbocycles. The van der Waals surface area contributed by atoms with Crippen molar-refractivity contribution in [2.75, 3.05) is 6.54 Å². The Labute approximate surface area is 120 Å². The summed E-state index contributed by atoms with van der Waals surface area (Å²) in [5, 5.41) is 3.35. The summed E-state index contributed by atoms with van der Waals surface area (Å²) < 4.78 is 5.09. The van der Waals surface area contributed by atoms with Gasteiger partial charge in [-0.15, -0.1) is 12.4 Å². The lowest BCUT2D eigenvalue weighted by Crippen LogP contribution is -2.22. The van der Waals surface area contributed by atoms with E-state index in [2.05, 4.69) is 21.4 Å². The molecule has 0 aliphatic carbocycles. The molecule has 0 bridgehead atoms. The first-order valence-electron chi connectivity index (χ1n) is 6.34. The number of fused-ring (bicyclic) bond motifs is 2. The molecule has 1 aliphatic heterocycles. The summed E-state index contributed by atoms with van der Waals surface area (Å²) in [4.78, 5) is 17.3. The number of H-pyrrole nitrogens is 2. The van der Waals surface area contributed by atoms with E-state index in [1.54, 1.807) is 0 Å². The molecule has 3 N–H and O–H groups in total. The highest BCUT2D eigenvalue weighted by molar-refractivity contribution is 5.85. The van der Waals surface area contributed by atoms with Crippen molar-refractivity contribution in [2.24, 2.45) is 0 Å². The van der Waals surface area contributed by atoms with Gasteiger partial charge in [0.25, 0.3) is 0 Å². The minimum Gasteiger partial charge on any atom is -0.408 e. The smallest absolute Gasteiger partial charge is 0.408 e. The summed E-state index contributed by atoms with van der Waals surface area (Å²) in [6, 6.07) is 7.90. The summed E-state index contributed by atoms with van der Waals surface area (Å²) in [5.74, 6) is -0.415. The van der Waals surface area contributed by atoms with Crippen LogP contribution in [0.15, 0.2) is 33.5 Å². The van der Waals surface area contributed by atoms with Gasteiger partial charge in [0.05, 0.1) is 5.52 Å². The average molecular weight is 292 g/mol. The topological polar surface area (TPSA) is 73.8 Å². The van der Waals surface area contributed by atoms with Crippen LogP contribution in [-0.4, -0.2) is 16.5 Å². The third-order valence-electron chi connectivity index (χ3n) is 3.59. The molecule has 0 amide bonds. The Morgan fingerprint density at radius 2 is 2.05 bits per heavy atom. The van der Waals surface area contributed by atoms with Crippen LogP contribution in [0, 0.1) is 0 Å². The van der Waals surface area contributed by atoms with Crippen LogP contribution in [0.2, 0.25) is 0 Å². The molecule has 0 fully saturated rings. The standard InChI is InChI=1S/C14H13N3O2.ClH/c18-14-17-11-2-1-8(6-13(11)19-14)12-5-9-7-15-4-3-10(9)16-12;/h1-2,5-6,15-16H,3-4,7H2,(H,17,18);1H. The SMILES string of the molecule is Cl.O=c1[nH]c2ccc(-c3cc4c([nH]3)CCNC4)cc2o1. The molecule has 104 valence electrons. The van der Waals surface area contributed by atoms with Crippen molar-refractivity contribution in [1.82, 2.24) is 15.3 Å². The van der Waals surface area contributed by atoms with Gasteiger partial charge in [-0.3, -0.25) is 4.98 Å². The van der Waals surface area contributed by atoms with Crippen molar-refractivity contribution < 1.29 is 4.42 Å². The zero-order valence-electron chi connectivity index (χ0n) is 10.7. The van der Waals surface area contributed by atoms with Crippen LogP contribution in [0.25, 0.3) is 22.4 Å². The minimum absolute atomic E-state index is 0. The van der Waals surface area contributed by atoms with E-state index in [0.29, 0.717) is 5.58 Å². The number of oxazole rings is 1. The Kier molecular flexibility index (Phi) is 3.16. The van der Waals surface area contributed by atoms with Gasteiger partial charge in [0, 0.05) is 36.5 Å². The van der Waals surface area contributed by atoms with Crippen LogP contribution in [0.5, 0.6) is 0 Å². The van der Waals surface area contributed by atoms with E-state index < -0.39 is 5.76 Å². The summed E-state index contributed by atoms with van der Waals surface area (Å²) >= 11 is 0. The molecule has 4 rings (SSSR count). The first-order chi connectivity index (χ1) is 9.29. The van der Waals surface area contributed by atoms with Crippen LogP contribution in [-0.2, 0) is 13.0 Å². The van der Waals surface area contributed by atoms with Crippen molar-refractivity contribution >= 4 is 23.5 Å². The zero-order valence-corrected chi connectivity index (χ0v) is 11.5. The molecular formula is C14H14ClN3O2. The number of nitrogens with one attached hydrogen (secondary N) is 3. The van der Waals surface area contributed by atoms with Gasteiger partial charge in [-0.2, -0.15) is 0 Å². The normalized spacial score (nSPS) is 14.0. The molecule has 2 aromatic heterocycles. The maximum atomic E-state index is 11.2. The van der Waals surface area contributed by atoms with Crippen LogP contribution in [0.4, 0.5) is 0 Å². The lowest BCUT2D eigenvalue weighted by Gasteiger charge is -2.11. The van der Waals surface area contributed by atoms with Gasteiger partial charge in [0.1, 0.15) is 0 Å². The molecule has 5 nitrogen and oxygen atoms in total. The first kappa shape index (κ1) is 13.0. The van der Waals surface area contributed by atoms with E-state index >= 15 is 0 Å². The number of hydrogen-bond donors (Lipinski definition) is 3. The minimum atomic E-state index is -0.415. The Bertz CT molecular complexity index is 792. The van der Waals surface area contributed by atoms with Gasteiger partial charge in [-0.1, -0.05) is 6.07 Å². The highest BCUT2D eigenvalue weighted by Gasteiger charge is 2.13. The van der Waals surface area contributed by atoms with Gasteiger partial charge in [0.15, 0.2) is 5.58 Å². The Hall–Kier alpha value is -1.98. The number of benzene rings is 1. The van der Waals surface area contributed by atoms with Crippen LogP contribution < -0.4 is 11.1 Å². The lowest BCUT2D eigenvalue weighted by atomic mass is 10.1. The van der Waals surface area contributed by atoms with Gasteiger partial charge in [0.2, 0.25) is 0 Å². The molecule has 0 radical (unpaired) electrons. The predicted octanol–water partition coefficient (Wildman–Crippen LogP) is 2.18. The quantitative estimate of drug-likeness (QED) is 0.643. The third-order valence-corrected chi connectivity index (χ3v) is 3.59. The van der Waals surface area contributed by atoms with Crippen molar-refractivity contribution in [1.29, 1.82) is 0 Å². The number of aromatic nitrogens is 2. The molecule has 3 heterocycles. The Balaban J connectivity index is 0.00000121. The second kappa shape index (κ2) is 4.85. The average Bonchev–Trinajstić information content (AvgIpc) is 2.99. The van der Waals surface area contributed by atoms with Crippen LogP contribution in [0.1, 0.15) is 11.3 Å². The maximum Gasteiger partial charge on any atom is 0.417 e. The molecule has 1 aromatic carbocycles. The molecule has 6 heteroatoms. The molecule has 0 unspecified atom stereocenters. The zero-order chi connectivity index (χ0) is 12.8. The van der Waals surface area contributed by atoms with Gasteiger partial charge < -0.3 is 14.7 Å². The number of rotatable bonds is 1. The largest absolute Gasteiger partial charge is 0.417 e. The van der Waals surface area contributed by atoms with Gasteiger partial charge in [-0.25, -0.2) is 4.79 Å². The molecule has 0 saturated heterocycles. The van der Waals surface area contributed by atoms with E-state index in [0.717, 1.165) is 36.3 Å². The Morgan fingerprint density at radius 3 is 2.90 bits per heavy atom. The summed E-state index contributed by atoms with van der Waals surface area (Å²) in [7, 11) is 0. The second-order valence-electron chi connectivity index (χ2n) is 4.84. The predicted molar refractivity (Wildman–Crippen MR) is 79.3 cm³/mol. The van der Waals surface area contributed by atoms with Crippen molar-refractivity contribution in [3.63, 3.8) is 0 Å². The molecule has 1 aliphatic rings. The lowest BCUT2D eigenvalue weighted by molar-refractivity contribution is 0.555. The highest BCUT2D eigenvalue weighted by atomic mass is 35.5. The number of aromatic amines is 2. The van der Waals surface area contributed by atoms with Crippen LogP contribution in [0.3, 0.4) is 0 Å². The fraction of sp³-hybridized carbons (Fsp3) is 0.214. The monoisotopic (exact) mass is 291 g/mol. The van der Waals surface area contributed by atoms with E-state index in [-0.39, 0.29) is 12.4 Å². The third kappa shape index (κ3) is 2.05. The molecule has 3 aromatic rings. The van der Waals surface area contributed by atoms with Crippen molar-refractivity contribution in [2.45, 2.75) is 13.0 Å². The molecule has 0 atom stereocenters. The molecule has 0 spiro atoms. The van der Waals surface area contributed by atoms with Crippen molar-refractivity contribution in [3.05, 3.63) is 46.1 Å². The fourth-order valence-corrected chi connectivity index (χ4v) is 2.63. The fourth-order valence-electron chi connectivity index (χ4n) is 2.63. The van der Waals surface area contributed by atoms with E-state index in [1.165, 1.54) is 11.3 Å². The summed E-state index contributed by atoms with van der Waals surface area (Å²) in [6.07, 6.45) is 1.02. The molecular weight excluding hydrogens is 278 g/mol. The number of hydrogen-bond acceptors (Lipinski definition) is 3. The summed E-state index contributed by atoms with van der Waals surface area (Å²) in [6.45, 7) is 1.92. The van der Waals surface area contributed by atoms with Gasteiger partial charge >= 0.3 is 5.76 Å². The van der Waals surface area contributed by atoms with Crippen LogP contribution >= 0.6 is 12.4 Å². The maximum absolute atomic E-state index is 11.2. The Morgan fingerprint density at radius 1 is 1.15 bits per heavy atom. The van der Waals surface area contributed by atoms with Gasteiger partial charge in [-0.05, 0) is 23.8 Å². The van der Waals surface area contributed by atoms with E-state index in [9.17, 15) is 4.79 Å². The highest BCUT2D eigenvalue weighted by Crippen LogP contribution is 2.26.